The van der Waals surface area contributed by atoms with Crippen LogP contribution in [0.5, 0.6) is 0 Å². The Kier molecular flexibility index (Phi) is 6.72. The average Bonchev–Trinajstić information content (AvgIpc) is 2.68. The van der Waals surface area contributed by atoms with E-state index in [4.69, 9.17) is 4.74 Å². The van der Waals surface area contributed by atoms with E-state index in [1.807, 2.05) is 6.07 Å². The summed E-state index contributed by atoms with van der Waals surface area (Å²) in [5.74, 6) is -1.32. The Morgan fingerprint density at radius 3 is 2.67 bits per heavy atom. The predicted octanol–water partition coefficient (Wildman–Crippen LogP) is 3.32. The number of halogens is 2. The highest BCUT2D eigenvalue weighted by atomic mass is 32.2. The Hall–Kier alpha value is -2.52. The molecule has 0 aromatic heterocycles. The van der Waals surface area contributed by atoms with E-state index in [-0.39, 0.29) is 5.56 Å². The summed E-state index contributed by atoms with van der Waals surface area (Å²) in [5, 5.41) is 0. The van der Waals surface area contributed by atoms with E-state index in [0.29, 0.717) is 31.4 Å². The Bertz CT molecular complexity index is 1030. The van der Waals surface area contributed by atoms with Crippen LogP contribution in [0.15, 0.2) is 42.5 Å². The van der Waals surface area contributed by atoms with Crippen LogP contribution in [0.1, 0.15) is 18.4 Å². The van der Waals surface area contributed by atoms with Crippen LogP contribution in [0.25, 0.3) is 11.1 Å². The van der Waals surface area contributed by atoms with Gasteiger partial charge in [-0.05, 0) is 42.5 Å². The van der Waals surface area contributed by atoms with Crippen molar-refractivity contribution in [2.24, 2.45) is 0 Å². The number of sulfonamides is 1. The second kappa shape index (κ2) is 9.09. The molecule has 0 radical (unpaired) electrons. The maximum atomic E-state index is 14.2. The van der Waals surface area contributed by atoms with Crippen molar-refractivity contribution in [2.45, 2.75) is 31.3 Å². The molecular formula is C21H24F2N2O4S. The summed E-state index contributed by atoms with van der Waals surface area (Å²) in [6.45, 7) is 0.450. The van der Waals surface area contributed by atoms with Gasteiger partial charge in [0.15, 0.2) is 0 Å². The van der Waals surface area contributed by atoms with Gasteiger partial charge in [-0.3, -0.25) is 0 Å². The minimum Gasteiger partial charge on any atom is -0.453 e. The predicted molar refractivity (Wildman–Crippen MR) is 109 cm³/mol. The Morgan fingerprint density at radius 1 is 1.23 bits per heavy atom. The number of benzene rings is 2. The first-order valence-corrected chi connectivity index (χ1v) is 11.4. The van der Waals surface area contributed by atoms with Crippen molar-refractivity contribution >= 4 is 16.1 Å². The molecule has 0 bridgehead atoms. The fraction of sp³-hybridized carbons (Fsp3) is 0.381. The number of nitrogens with zero attached hydrogens (tertiary/aromatic N) is 1. The first-order chi connectivity index (χ1) is 14.2. The molecule has 0 aliphatic carbocycles. The lowest BCUT2D eigenvalue weighted by Crippen LogP contribution is -2.57. The first-order valence-electron chi connectivity index (χ1n) is 9.54. The number of rotatable bonds is 5. The van der Waals surface area contributed by atoms with E-state index in [1.165, 1.54) is 24.1 Å². The van der Waals surface area contributed by atoms with Crippen LogP contribution in [0.2, 0.25) is 0 Å². The average molecular weight is 438 g/mol. The number of ether oxygens (including phenoxy) is 1. The lowest BCUT2D eigenvalue weighted by Gasteiger charge is -2.40. The fourth-order valence-electron chi connectivity index (χ4n) is 3.90. The van der Waals surface area contributed by atoms with Crippen LogP contribution in [0.4, 0.5) is 13.6 Å². The van der Waals surface area contributed by atoms with E-state index < -0.39 is 39.8 Å². The molecule has 6 nitrogen and oxygen atoms in total. The summed E-state index contributed by atoms with van der Waals surface area (Å²) in [4.78, 5) is 13.8. The van der Waals surface area contributed by atoms with Crippen molar-refractivity contribution < 1.29 is 26.7 Å². The number of hydrogen-bond acceptors (Lipinski definition) is 4. The Morgan fingerprint density at radius 2 is 2.00 bits per heavy atom. The summed E-state index contributed by atoms with van der Waals surface area (Å²) < 4.78 is 58.6. The molecule has 1 saturated heterocycles. The van der Waals surface area contributed by atoms with Gasteiger partial charge in [0.25, 0.3) is 0 Å². The van der Waals surface area contributed by atoms with Crippen LogP contribution >= 0.6 is 0 Å². The van der Waals surface area contributed by atoms with Crippen molar-refractivity contribution in [2.75, 3.05) is 19.9 Å². The van der Waals surface area contributed by atoms with E-state index in [0.717, 1.165) is 17.9 Å². The number of nitrogens with one attached hydrogen (secondary N) is 1. The van der Waals surface area contributed by atoms with Crippen molar-refractivity contribution in [3.63, 3.8) is 0 Å². The number of piperidine rings is 1. The van der Waals surface area contributed by atoms with Gasteiger partial charge >= 0.3 is 6.09 Å². The molecule has 1 aliphatic heterocycles. The Balaban J connectivity index is 1.92. The minimum absolute atomic E-state index is 0.262. The van der Waals surface area contributed by atoms with E-state index in [1.54, 1.807) is 18.2 Å². The first kappa shape index (κ1) is 22.2. The van der Waals surface area contributed by atoms with Gasteiger partial charge in [0, 0.05) is 24.2 Å². The molecule has 2 atom stereocenters. The molecule has 1 fully saturated rings. The second-order valence-corrected chi connectivity index (χ2v) is 9.18. The molecule has 3 rings (SSSR count). The van der Waals surface area contributed by atoms with Crippen LogP contribution in [-0.2, 0) is 21.2 Å². The third-order valence-electron chi connectivity index (χ3n) is 5.17. The van der Waals surface area contributed by atoms with Crippen LogP contribution in [0.3, 0.4) is 0 Å². The summed E-state index contributed by atoms with van der Waals surface area (Å²) in [6.07, 6.45) is 2.12. The number of carbonyl (C=O) groups is 1. The molecule has 1 heterocycles. The third-order valence-corrected chi connectivity index (χ3v) is 5.90. The zero-order valence-electron chi connectivity index (χ0n) is 16.8. The monoisotopic (exact) mass is 438 g/mol. The largest absolute Gasteiger partial charge is 0.453 e. The second-order valence-electron chi connectivity index (χ2n) is 7.40. The quantitative estimate of drug-likeness (QED) is 0.777. The van der Waals surface area contributed by atoms with E-state index >= 15 is 0 Å². The molecule has 1 amide bonds. The molecule has 2 unspecified atom stereocenters. The van der Waals surface area contributed by atoms with Gasteiger partial charge in [-0.1, -0.05) is 24.3 Å². The van der Waals surface area contributed by atoms with Gasteiger partial charge in [0.05, 0.1) is 19.4 Å². The Labute approximate surface area is 174 Å². The van der Waals surface area contributed by atoms with Gasteiger partial charge in [0.1, 0.15) is 11.6 Å². The van der Waals surface area contributed by atoms with E-state index in [9.17, 15) is 22.0 Å². The van der Waals surface area contributed by atoms with Crippen LogP contribution < -0.4 is 4.72 Å². The molecule has 1 N–H and O–H groups in total. The standard InChI is InChI=1S/C21H24F2N2O4S/c1-29-21(26)25-10-4-7-19(24-30(2,27)28)20(25)12-14-5-3-6-15(11-14)17-9-8-16(22)13-18(17)23/h3,5-6,8-9,11,13,19-20,24H,4,7,10,12H2,1-2H3. The zero-order valence-corrected chi connectivity index (χ0v) is 17.6. The topological polar surface area (TPSA) is 75.7 Å². The van der Waals surface area contributed by atoms with Gasteiger partial charge in [-0.25, -0.2) is 26.7 Å². The number of amides is 1. The number of methoxy groups -OCH3 is 1. The van der Waals surface area contributed by atoms with E-state index in [2.05, 4.69) is 4.72 Å². The third kappa shape index (κ3) is 5.34. The molecule has 162 valence electrons. The molecule has 0 spiro atoms. The number of carbonyl (C=O) groups excluding carboxylic acids is 1. The smallest absolute Gasteiger partial charge is 0.409 e. The molecule has 9 heteroatoms. The molecule has 30 heavy (non-hydrogen) atoms. The van der Waals surface area contributed by atoms with Crippen LogP contribution in [-0.4, -0.2) is 51.4 Å². The lowest BCUT2D eigenvalue weighted by molar-refractivity contribution is 0.0792. The maximum Gasteiger partial charge on any atom is 0.409 e. The van der Waals surface area contributed by atoms with Gasteiger partial charge in [0.2, 0.25) is 10.0 Å². The molecule has 1 aliphatic rings. The summed E-state index contributed by atoms with van der Waals surface area (Å²) in [5.41, 5.74) is 1.62. The van der Waals surface area contributed by atoms with Gasteiger partial charge < -0.3 is 9.64 Å². The molecule has 2 aromatic rings. The molecular weight excluding hydrogens is 414 g/mol. The highest BCUT2D eigenvalue weighted by molar-refractivity contribution is 7.88. The molecule has 2 aromatic carbocycles. The highest BCUT2D eigenvalue weighted by Gasteiger charge is 2.36. The van der Waals surface area contributed by atoms with Crippen molar-refractivity contribution in [1.29, 1.82) is 0 Å². The van der Waals surface area contributed by atoms with Gasteiger partial charge in [-0.15, -0.1) is 0 Å². The number of likely N-dealkylation sites (tertiary alicyclic amines) is 1. The van der Waals surface area contributed by atoms with Crippen LogP contribution in [0, 0.1) is 11.6 Å². The summed E-state index contributed by atoms with van der Waals surface area (Å²) >= 11 is 0. The highest BCUT2D eigenvalue weighted by Crippen LogP contribution is 2.27. The zero-order chi connectivity index (χ0) is 21.9. The summed E-state index contributed by atoms with van der Waals surface area (Å²) in [6, 6.07) is 9.51. The SMILES string of the molecule is COC(=O)N1CCCC(NS(C)(=O)=O)C1Cc1cccc(-c2ccc(F)cc2F)c1. The maximum absolute atomic E-state index is 14.2. The minimum atomic E-state index is -3.48. The van der Waals surface area contributed by atoms with Crippen molar-refractivity contribution in [1.82, 2.24) is 9.62 Å². The normalized spacial score (nSPS) is 19.5. The summed E-state index contributed by atoms with van der Waals surface area (Å²) in [7, 11) is -2.20. The van der Waals surface area contributed by atoms with Crippen molar-refractivity contribution in [3.8, 4) is 11.1 Å². The fourth-order valence-corrected chi connectivity index (χ4v) is 4.72. The van der Waals surface area contributed by atoms with Crippen molar-refractivity contribution in [3.05, 3.63) is 59.7 Å². The molecule has 0 saturated carbocycles. The lowest BCUT2D eigenvalue weighted by atomic mass is 9.90. The number of hydrogen-bond donors (Lipinski definition) is 1. The van der Waals surface area contributed by atoms with Gasteiger partial charge in [-0.2, -0.15) is 0 Å².